The summed E-state index contributed by atoms with van der Waals surface area (Å²) in [6, 6.07) is 3.63. The van der Waals surface area contributed by atoms with Crippen molar-refractivity contribution in [1.82, 2.24) is 9.78 Å². The fraction of sp³-hybridized carbons (Fsp3) is 0.222. The van der Waals surface area contributed by atoms with Crippen LogP contribution in [0.2, 0.25) is 0 Å². The fourth-order valence-corrected chi connectivity index (χ4v) is 4.50. The molecule has 1 aliphatic rings. The number of benzene rings is 1. The van der Waals surface area contributed by atoms with Crippen LogP contribution in [0.5, 0.6) is 0 Å². The molecule has 1 aromatic carbocycles. The fourth-order valence-electron chi connectivity index (χ4n) is 3.20. The molecule has 158 valence electrons. The van der Waals surface area contributed by atoms with Crippen molar-refractivity contribution in [2.75, 3.05) is 10.6 Å². The second-order valence-corrected chi connectivity index (χ2v) is 8.40. The number of fused-ring (bicyclic) bond motifs is 1. The highest BCUT2D eigenvalue weighted by atomic mass is 79.9. The van der Waals surface area contributed by atoms with E-state index in [-0.39, 0.29) is 28.1 Å². The summed E-state index contributed by atoms with van der Waals surface area (Å²) in [6.07, 6.45) is -4.88. The van der Waals surface area contributed by atoms with Gasteiger partial charge in [-0.1, -0.05) is 6.07 Å². The first kappa shape index (κ1) is 20.8. The molecule has 0 saturated carbocycles. The summed E-state index contributed by atoms with van der Waals surface area (Å²) in [4.78, 5) is 13.2. The van der Waals surface area contributed by atoms with Crippen molar-refractivity contribution in [3.63, 3.8) is 0 Å². The minimum Gasteiger partial charge on any atom is -0.363 e. The van der Waals surface area contributed by atoms with Crippen LogP contribution in [-0.2, 0) is 0 Å². The van der Waals surface area contributed by atoms with E-state index in [1.165, 1.54) is 17.4 Å². The number of nitrogens with one attached hydrogen (secondary N) is 2. The lowest BCUT2D eigenvalue weighted by Gasteiger charge is -2.32. The van der Waals surface area contributed by atoms with Gasteiger partial charge in [0, 0.05) is 27.9 Å². The van der Waals surface area contributed by atoms with Gasteiger partial charge < -0.3 is 10.6 Å². The minimum atomic E-state index is -4.59. The van der Waals surface area contributed by atoms with Gasteiger partial charge in [-0.25, -0.2) is 13.5 Å². The van der Waals surface area contributed by atoms with Gasteiger partial charge in [0.2, 0.25) is 0 Å². The van der Waals surface area contributed by atoms with E-state index >= 15 is 0 Å². The predicted octanol–water partition coefficient (Wildman–Crippen LogP) is 5.90. The van der Waals surface area contributed by atoms with E-state index in [1.54, 1.807) is 17.5 Å². The molecule has 0 aliphatic carbocycles. The Balaban J connectivity index is 1.66. The SMILES string of the molecule is O=C(Nc1c(F)cc(F)cc1Br)c1cc2n(n1)[C@H](C(F)(F)F)C[C@@H](c1cccs1)N2. The summed E-state index contributed by atoms with van der Waals surface area (Å²) in [7, 11) is 0. The number of hydrogen-bond acceptors (Lipinski definition) is 4. The van der Waals surface area contributed by atoms with Crippen LogP contribution in [0, 0.1) is 11.6 Å². The van der Waals surface area contributed by atoms with Gasteiger partial charge in [0.05, 0.1) is 11.7 Å². The average molecular weight is 507 g/mol. The molecule has 0 spiro atoms. The molecule has 0 bridgehead atoms. The standard InChI is InChI=1S/C18H12BrF5N4OS/c19-9-4-8(20)5-10(21)16(9)26-17(29)12-7-15-25-11(13-2-1-3-30-13)6-14(18(22,23)24)28(15)27-12/h1-5,7,11,14,25H,6H2,(H,26,29)/t11-,14-/m0/s1. The van der Waals surface area contributed by atoms with Gasteiger partial charge in [-0.2, -0.15) is 18.3 Å². The van der Waals surface area contributed by atoms with E-state index < -0.39 is 35.8 Å². The molecule has 0 radical (unpaired) electrons. The molecule has 2 aromatic heterocycles. The lowest BCUT2D eigenvalue weighted by atomic mass is 10.0. The quantitative estimate of drug-likeness (QED) is 0.435. The molecule has 2 N–H and O–H groups in total. The third kappa shape index (κ3) is 3.93. The second kappa shape index (κ2) is 7.65. The van der Waals surface area contributed by atoms with E-state index in [4.69, 9.17) is 0 Å². The minimum absolute atomic E-state index is 0.0192. The number of carbonyl (C=O) groups excluding carboxylic acids is 1. The molecule has 0 fully saturated rings. The number of carbonyl (C=O) groups is 1. The molecule has 5 nitrogen and oxygen atoms in total. The zero-order chi connectivity index (χ0) is 21.6. The average Bonchev–Trinajstić information content (AvgIpc) is 3.32. The van der Waals surface area contributed by atoms with Crippen LogP contribution in [0.4, 0.5) is 33.5 Å². The molecule has 1 amide bonds. The van der Waals surface area contributed by atoms with Crippen LogP contribution in [0.15, 0.2) is 40.2 Å². The molecule has 3 aromatic rings. The Morgan fingerprint density at radius 2 is 2.07 bits per heavy atom. The van der Waals surface area contributed by atoms with Crippen molar-refractivity contribution in [2.45, 2.75) is 24.7 Å². The zero-order valence-electron chi connectivity index (χ0n) is 14.8. The van der Waals surface area contributed by atoms with Crippen molar-refractivity contribution < 1.29 is 26.7 Å². The molecule has 0 saturated heterocycles. The first-order chi connectivity index (χ1) is 14.1. The molecule has 30 heavy (non-hydrogen) atoms. The summed E-state index contributed by atoms with van der Waals surface area (Å²) in [6.45, 7) is 0. The van der Waals surface area contributed by atoms with Crippen molar-refractivity contribution in [1.29, 1.82) is 0 Å². The van der Waals surface area contributed by atoms with Crippen LogP contribution >= 0.6 is 27.3 Å². The van der Waals surface area contributed by atoms with Gasteiger partial charge in [-0.3, -0.25) is 4.79 Å². The number of amides is 1. The summed E-state index contributed by atoms with van der Waals surface area (Å²) >= 11 is 4.26. The van der Waals surface area contributed by atoms with Crippen LogP contribution in [0.25, 0.3) is 0 Å². The maximum absolute atomic E-state index is 14.0. The van der Waals surface area contributed by atoms with Gasteiger partial charge in [-0.15, -0.1) is 11.3 Å². The number of nitrogens with zero attached hydrogens (tertiary/aromatic N) is 2. The molecule has 0 unspecified atom stereocenters. The predicted molar refractivity (Wildman–Crippen MR) is 105 cm³/mol. The van der Waals surface area contributed by atoms with Crippen molar-refractivity contribution >= 4 is 44.7 Å². The molecular weight excluding hydrogens is 495 g/mol. The van der Waals surface area contributed by atoms with E-state index in [0.717, 1.165) is 15.6 Å². The third-order valence-corrected chi connectivity index (χ3v) is 6.17. The highest BCUT2D eigenvalue weighted by Gasteiger charge is 2.47. The Labute approximate surface area is 179 Å². The summed E-state index contributed by atoms with van der Waals surface area (Å²) in [5, 5.41) is 10.7. The molecule has 12 heteroatoms. The number of hydrogen-bond donors (Lipinski definition) is 2. The molecule has 3 heterocycles. The molecular formula is C18H12BrF5N4OS. The third-order valence-electron chi connectivity index (χ3n) is 4.55. The van der Waals surface area contributed by atoms with Crippen LogP contribution in [-0.4, -0.2) is 21.9 Å². The van der Waals surface area contributed by atoms with Crippen molar-refractivity contribution in [2.24, 2.45) is 0 Å². The number of thiophene rings is 1. The second-order valence-electron chi connectivity index (χ2n) is 6.56. The highest BCUT2D eigenvalue weighted by Crippen LogP contribution is 2.44. The Morgan fingerprint density at radius 1 is 1.30 bits per heavy atom. The van der Waals surface area contributed by atoms with Gasteiger partial charge in [-0.05, 0) is 33.4 Å². The maximum atomic E-state index is 14.0. The maximum Gasteiger partial charge on any atom is 0.410 e. The van der Waals surface area contributed by atoms with Crippen molar-refractivity contribution in [3.8, 4) is 0 Å². The number of alkyl halides is 3. The molecule has 4 rings (SSSR count). The Hall–Kier alpha value is -2.47. The Morgan fingerprint density at radius 3 is 2.70 bits per heavy atom. The normalized spacial score (nSPS) is 18.6. The number of halogens is 6. The molecule has 1 aliphatic heterocycles. The smallest absolute Gasteiger partial charge is 0.363 e. The number of rotatable bonds is 3. The van der Waals surface area contributed by atoms with Crippen LogP contribution in [0.1, 0.15) is 33.9 Å². The number of anilines is 2. The largest absolute Gasteiger partial charge is 0.410 e. The van der Waals surface area contributed by atoms with Crippen LogP contribution < -0.4 is 10.6 Å². The Kier molecular flexibility index (Phi) is 5.30. The first-order valence-corrected chi connectivity index (χ1v) is 10.2. The van der Waals surface area contributed by atoms with Crippen LogP contribution in [0.3, 0.4) is 0 Å². The Bertz CT molecular complexity index is 1080. The lowest BCUT2D eigenvalue weighted by Crippen LogP contribution is -2.35. The van der Waals surface area contributed by atoms with E-state index in [1.807, 2.05) is 0 Å². The van der Waals surface area contributed by atoms with E-state index in [2.05, 4.69) is 31.7 Å². The monoisotopic (exact) mass is 506 g/mol. The van der Waals surface area contributed by atoms with E-state index in [0.29, 0.717) is 6.07 Å². The van der Waals surface area contributed by atoms with Crippen molar-refractivity contribution in [3.05, 3.63) is 62.4 Å². The summed E-state index contributed by atoms with van der Waals surface area (Å²) < 4.78 is 68.8. The van der Waals surface area contributed by atoms with Gasteiger partial charge >= 0.3 is 6.18 Å². The summed E-state index contributed by atoms with van der Waals surface area (Å²) in [5.74, 6) is -2.81. The van der Waals surface area contributed by atoms with E-state index in [9.17, 15) is 26.7 Å². The topological polar surface area (TPSA) is 59.0 Å². The highest BCUT2D eigenvalue weighted by molar-refractivity contribution is 9.10. The van der Waals surface area contributed by atoms with Gasteiger partial charge in [0.1, 0.15) is 11.6 Å². The summed E-state index contributed by atoms with van der Waals surface area (Å²) in [5.41, 5.74) is -0.682. The first-order valence-electron chi connectivity index (χ1n) is 8.55. The van der Waals surface area contributed by atoms with Gasteiger partial charge in [0.15, 0.2) is 17.6 Å². The molecule has 2 atom stereocenters. The lowest BCUT2D eigenvalue weighted by molar-refractivity contribution is -0.173. The zero-order valence-corrected chi connectivity index (χ0v) is 17.2. The number of aromatic nitrogens is 2. The van der Waals surface area contributed by atoms with Gasteiger partial charge in [0.25, 0.3) is 5.91 Å².